The quantitative estimate of drug-likeness (QED) is 0.539. The van der Waals surface area contributed by atoms with Crippen LogP contribution in [0.25, 0.3) is 10.8 Å². The average Bonchev–Trinajstić information content (AvgIpc) is 3.29. The molecule has 28 heavy (non-hydrogen) atoms. The van der Waals surface area contributed by atoms with E-state index in [1.807, 2.05) is 74.5 Å². The molecular weight excluding hydrogens is 372 g/mol. The summed E-state index contributed by atoms with van der Waals surface area (Å²) in [6.07, 6.45) is 0. The van der Waals surface area contributed by atoms with Gasteiger partial charge in [-0.1, -0.05) is 65.8 Å². The van der Waals surface area contributed by atoms with Gasteiger partial charge >= 0.3 is 6.01 Å². The first-order valence-corrected chi connectivity index (χ1v) is 9.62. The molecule has 2 aromatic heterocycles. The monoisotopic (exact) mass is 390 g/mol. The first-order valence-electron chi connectivity index (χ1n) is 8.80. The number of aryl methyl sites for hydroxylation is 2. The van der Waals surface area contributed by atoms with Crippen LogP contribution in [-0.4, -0.2) is 21.1 Å². The summed E-state index contributed by atoms with van der Waals surface area (Å²) >= 11 is 1.48. The van der Waals surface area contributed by atoms with Crippen molar-refractivity contribution in [2.45, 2.75) is 19.8 Å². The molecular formula is C21H18N4O2S. The number of hydrogen-bond acceptors (Lipinski definition) is 6. The number of benzene rings is 2. The van der Waals surface area contributed by atoms with E-state index in [0.29, 0.717) is 5.89 Å². The van der Waals surface area contributed by atoms with Gasteiger partial charge in [0.25, 0.3) is 5.89 Å². The van der Waals surface area contributed by atoms with Gasteiger partial charge in [0.15, 0.2) is 0 Å². The maximum Gasteiger partial charge on any atom is 0.322 e. The molecule has 0 aliphatic heterocycles. The second kappa shape index (κ2) is 7.74. The normalized spacial score (nSPS) is 11.0. The Morgan fingerprint density at radius 2 is 1.57 bits per heavy atom. The molecule has 0 bridgehead atoms. The standard InChI is InChI=1S/C21H18N4O2S/c1-13-18(28-14(2)22-13)20-24-25-21(27-20)23-19(26)17(15-9-5-3-6-10-15)16-11-7-4-8-12-16/h3-12,17H,1-2H3,(H,23,25,26). The maximum atomic E-state index is 13.1. The molecule has 0 saturated carbocycles. The van der Waals surface area contributed by atoms with Crippen molar-refractivity contribution in [2.24, 2.45) is 0 Å². The van der Waals surface area contributed by atoms with Crippen molar-refractivity contribution in [1.29, 1.82) is 0 Å². The first-order chi connectivity index (χ1) is 13.6. The van der Waals surface area contributed by atoms with E-state index in [2.05, 4.69) is 20.5 Å². The van der Waals surface area contributed by atoms with Gasteiger partial charge in [-0.2, -0.15) is 0 Å². The Labute approximate surface area is 166 Å². The van der Waals surface area contributed by atoms with Crippen molar-refractivity contribution in [2.75, 3.05) is 5.32 Å². The van der Waals surface area contributed by atoms with Crippen LogP contribution < -0.4 is 5.32 Å². The van der Waals surface area contributed by atoms with Gasteiger partial charge in [0, 0.05) is 0 Å². The minimum absolute atomic E-state index is 0.0716. The molecule has 0 aliphatic rings. The van der Waals surface area contributed by atoms with Gasteiger partial charge in [-0.05, 0) is 25.0 Å². The van der Waals surface area contributed by atoms with Crippen LogP contribution in [0.4, 0.5) is 6.01 Å². The first kappa shape index (κ1) is 18.1. The average molecular weight is 390 g/mol. The number of anilines is 1. The fraction of sp³-hybridized carbons (Fsp3) is 0.143. The summed E-state index contributed by atoms with van der Waals surface area (Å²) in [7, 11) is 0. The number of hydrogen-bond donors (Lipinski definition) is 1. The topological polar surface area (TPSA) is 80.9 Å². The zero-order valence-corrected chi connectivity index (χ0v) is 16.2. The van der Waals surface area contributed by atoms with E-state index in [1.54, 1.807) is 0 Å². The van der Waals surface area contributed by atoms with Gasteiger partial charge in [0.05, 0.1) is 16.6 Å². The third-order valence-electron chi connectivity index (χ3n) is 4.28. The largest absolute Gasteiger partial charge is 0.402 e. The van der Waals surface area contributed by atoms with Crippen molar-refractivity contribution in [3.05, 3.63) is 82.5 Å². The summed E-state index contributed by atoms with van der Waals surface area (Å²) in [4.78, 5) is 18.3. The molecule has 0 radical (unpaired) electrons. The SMILES string of the molecule is Cc1nc(C)c(-c2nnc(NC(=O)C(c3ccccc3)c3ccccc3)o2)s1. The molecule has 2 aromatic carbocycles. The second-order valence-electron chi connectivity index (χ2n) is 6.30. The molecule has 0 saturated heterocycles. The van der Waals surface area contributed by atoms with Crippen LogP contribution in [0.3, 0.4) is 0 Å². The summed E-state index contributed by atoms with van der Waals surface area (Å²) < 4.78 is 5.67. The zero-order valence-electron chi connectivity index (χ0n) is 15.4. The van der Waals surface area contributed by atoms with E-state index in [4.69, 9.17) is 4.42 Å². The molecule has 7 heteroatoms. The number of carbonyl (C=O) groups excluding carboxylic acids is 1. The number of amides is 1. The molecule has 4 aromatic rings. The predicted octanol–water partition coefficient (Wildman–Crippen LogP) is 4.58. The summed E-state index contributed by atoms with van der Waals surface area (Å²) in [6, 6.07) is 19.3. The number of rotatable bonds is 5. The van der Waals surface area contributed by atoms with Crippen LogP contribution in [0, 0.1) is 13.8 Å². The van der Waals surface area contributed by atoms with Crippen LogP contribution in [0.2, 0.25) is 0 Å². The Morgan fingerprint density at radius 3 is 2.11 bits per heavy atom. The van der Waals surface area contributed by atoms with Crippen molar-refractivity contribution in [1.82, 2.24) is 15.2 Å². The molecule has 0 fully saturated rings. The Bertz CT molecular complexity index is 1050. The van der Waals surface area contributed by atoms with E-state index in [-0.39, 0.29) is 11.9 Å². The fourth-order valence-corrected chi connectivity index (χ4v) is 3.90. The van der Waals surface area contributed by atoms with Crippen LogP contribution >= 0.6 is 11.3 Å². The van der Waals surface area contributed by atoms with Crippen molar-refractivity contribution < 1.29 is 9.21 Å². The third kappa shape index (κ3) is 3.70. The van der Waals surface area contributed by atoms with Gasteiger partial charge in [-0.15, -0.1) is 16.4 Å². The van der Waals surface area contributed by atoms with E-state index in [9.17, 15) is 4.79 Å². The molecule has 4 rings (SSSR count). The van der Waals surface area contributed by atoms with Gasteiger partial charge in [0.1, 0.15) is 4.88 Å². The number of carbonyl (C=O) groups is 1. The third-order valence-corrected chi connectivity index (χ3v) is 5.34. The Morgan fingerprint density at radius 1 is 0.964 bits per heavy atom. The molecule has 1 N–H and O–H groups in total. The number of thiazole rings is 1. The summed E-state index contributed by atoms with van der Waals surface area (Å²) in [6.45, 7) is 3.81. The molecule has 2 heterocycles. The molecule has 140 valence electrons. The van der Waals surface area contributed by atoms with E-state index < -0.39 is 5.92 Å². The maximum absolute atomic E-state index is 13.1. The molecule has 6 nitrogen and oxygen atoms in total. The van der Waals surface area contributed by atoms with Gasteiger partial charge in [-0.25, -0.2) is 4.98 Å². The fourth-order valence-electron chi connectivity index (χ4n) is 3.06. The molecule has 1 amide bonds. The highest BCUT2D eigenvalue weighted by molar-refractivity contribution is 7.15. The molecule has 0 atom stereocenters. The van der Waals surface area contributed by atoms with Crippen LogP contribution in [-0.2, 0) is 4.79 Å². The Hall–Kier alpha value is -3.32. The summed E-state index contributed by atoms with van der Waals surface area (Å²) in [5.74, 6) is -0.357. The van der Waals surface area contributed by atoms with E-state index in [0.717, 1.165) is 26.7 Å². The molecule has 0 spiro atoms. The second-order valence-corrected chi connectivity index (χ2v) is 7.51. The highest BCUT2D eigenvalue weighted by atomic mass is 32.1. The zero-order chi connectivity index (χ0) is 19.5. The Balaban J connectivity index is 1.61. The highest BCUT2D eigenvalue weighted by Gasteiger charge is 2.24. The van der Waals surface area contributed by atoms with Gasteiger partial charge in [0.2, 0.25) is 5.91 Å². The van der Waals surface area contributed by atoms with E-state index in [1.165, 1.54) is 11.3 Å². The van der Waals surface area contributed by atoms with Crippen LogP contribution in [0.15, 0.2) is 65.1 Å². The van der Waals surface area contributed by atoms with Gasteiger partial charge < -0.3 is 4.42 Å². The van der Waals surface area contributed by atoms with Crippen LogP contribution in [0.5, 0.6) is 0 Å². The lowest BCUT2D eigenvalue weighted by atomic mass is 9.90. The molecule has 0 aliphatic carbocycles. The van der Waals surface area contributed by atoms with Gasteiger partial charge in [-0.3, -0.25) is 10.1 Å². The highest BCUT2D eigenvalue weighted by Crippen LogP contribution is 2.30. The van der Waals surface area contributed by atoms with Crippen molar-refractivity contribution >= 4 is 23.3 Å². The van der Waals surface area contributed by atoms with Crippen LogP contribution in [0.1, 0.15) is 27.7 Å². The van der Waals surface area contributed by atoms with E-state index >= 15 is 0 Å². The van der Waals surface area contributed by atoms with Crippen molar-refractivity contribution in [3.8, 4) is 10.8 Å². The predicted molar refractivity (Wildman–Crippen MR) is 108 cm³/mol. The molecule has 0 unspecified atom stereocenters. The minimum Gasteiger partial charge on any atom is -0.402 e. The number of nitrogens with one attached hydrogen (secondary N) is 1. The minimum atomic E-state index is -0.481. The lowest BCUT2D eigenvalue weighted by Gasteiger charge is -2.16. The lowest BCUT2D eigenvalue weighted by Crippen LogP contribution is -2.22. The van der Waals surface area contributed by atoms with Crippen molar-refractivity contribution in [3.63, 3.8) is 0 Å². The summed E-state index contributed by atoms with van der Waals surface area (Å²) in [5, 5.41) is 11.7. The summed E-state index contributed by atoms with van der Waals surface area (Å²) in [5.41, 5.74) is 2.61. The smallest absolute Gasteiger partial charge is 0.322 e. The number of nitrogens with zero attached hydrogens (tertiary/aromatic N) is 3. The lowest BCUT2D eigenvalue weighted by molar-refractivity contribution is -0.116. The Kier molecular flexibility index (Phi) is 4.99. The number of aromatic nitrogens is 3.